The van der Waals surface area contributed by atoms with Gasteiger partial charge in [-0.3, -0.25) is 4.79 Å². The minimum absolute atomic E-state index is 0.0107. The predicted octanol–water partition coefficient (Wildman–Crippen LogP) is 3.76. The van der Waals surface area contributed by atoms with Crippen molar-refractivity contribution in [2.45, 2.75) is 40.9 Å². The van der Waals surface area contributed by atoms with Gasteiger partial charge in [-0.15, -0.1) is 0 Å². The first-order valence-corrected chi connectivity index (χ1v) is 13.0. The fraction of sp³-hybridized carbons (Fsp3) is 0.174. The lowest BCUT2D eigenvalue weighted by Crippen LogP contribution is -2.19. The number of rotatable bonds is 8. The van der Waals surface area contributed by atoms with Crippen LogP contribution in [0.3, 0.4) is 0 Å². The van der Waals surface area contributed by atoms with E-state index in [4.69, 9.17) is 5.14 Å². The normalized spacial score (nSPS) is 11.8. The van der Waals surface area contributed by atoms with Crippen LogP contribution in [0.4, 0.5) is 5.69 Å². The number of hydrogen-bond donors (Lipinski definition) is 2. The minimum atomic E-state index is -3.98. The number of benzene rings is 3. The number of carbonyl (C=O) groups excluding carboxylic acids is 1. The highest BCUT2D eigenvalue weighted by molar-refractivity contribution is 7.91. The Hall–Kier alpha value is -3.01. The molecule has 0 spiro atoms. The number of primary sulfonamides is 1. The van der Waals surface area contributed by atoms with Crippen LogP contribution >= 0.6 is 0 Å². The third-order valence-electron chi connectivity index (χ3n) is 4.88. The molecule has 0 saturated heterocycles. The standard InChI is InChI=1S/C23H24N2O5S2/c1-2-3-9-17-10-7-15-21(22(17)31(27,28)19-12-5-4-6-13-19)23(26)25-18-11-8-14-20(16-18)32(24,29)30/h4-8,10-16H,2-3,9H2,1H3,(H,25,26)(H2,24,29,30). The van der Waals surface area contributed by atoms with Gasteiger partial charge in [-0.1, -0.05) is 49.7 Å². The summed E-state index contributed by atoms with van der Waals surface area (Å²) in [5.74, 6) is -0.663. The second kappa shape index (κ2) is 9.64. The quantitative estimate of drug-likeness (QED) is 0.517. The van der Waals surface area contributed by atoms with Crippen molar-refractivity contribution in [3.63, 3.8) is 0 Å². The molecule has 1 amide bonds. The first-order valence-electron chi connectivity index (χ1n) is 10.0. The third-order valence-corrected chi connectivity index (χ3v) is 7.71. The highest BCUT2D eigenvalue weighted by Crippen LogP contribution is 2.29. The van der Waals surface area contributed by atoms with E-state index in [-0.39, 0.29) is 25.9 Å². The van der Waals surface area contributed by atoms with Gasteiger partial charge in [0.05, 0.1) is 20.2 Å². The maximum atomic E-state index is 13.5. The zero-order valence-electron chi connectivity index (χ0n) is 17.5. The molecule has 0 aliphatic carbocycles. The van der Waals surface area contributed by atoms with E-state index in [9.17, 15) is 21.6 Å². The first-order chi connectivity index (χ1) is 15.1. The summed E-state index contributed by atoms with van der Waals surface area (Å²) in [6.07, 6.45) is 2.13. The van der Waals surface area contributed by atoms with Crippen molar-refractivity contribution in [2.24, 2.45) is 5.14 Å². The van der Waals surface area contributed by atoms with Crippen LogP contribution in [-0.2, 0) is 26.3 Å². The predicted molar refractivity (Wildman–Crippen MR) is 123 cm³/mol. The minimum Gasteiger partial charge on any atom is -0.322 e. The summed E-state index contributed by atoms with van der Waals surface area (Å²) in [5.41, 5.74) is 0.730. The van der Waals surface area contributed by atoms with E-state index in [1.807, 2.05) is 6.92 Å². The van der Waals surface area contributed by atoms with Crippen molar-refractivity contribution >= 4 is 31.5 Å². The van der Waals surface area contributed by atoms with Crippen molar-refractivity contribution < 1.29 is 21.6 Å². The van der Waals surface area contributed by atoms with Crippen LogP contribution in [0.1, 0.15) is 35.7 Å². The molecule has 3 N–H and O–H groups in total. The molecular formula is C23H24N2O5S2. The van der Waals surface area contributed by atoms with Crippen LogP contribution in [0.25, 0.3) is 0 Å². The van der Waals surface area contributed by atoms with Crippen molar-refractivity contribution in [3.8, 4) is 0 Å². The number of hydrogen-bond acceptors (Lipinski definition) is 5. The summed E-state index contributed by atoms with van der Waals surface area (Å²) in [5, 5.41) is 7.75. The lowest BCUT2D eigenvalue weighted by atomic mass is 10.0. The Bertz CT molecular complexity index is 1340. The molecule has 3 aromatic carbocycles. The molecule has 3 aromatic rings. The van der Waals surface area contributed by atoms with Crippen molar-refractivity contribution in [3.05, 3.63) is 83.9 Å². The maximum Gasteiger partial charge on any atom is 0.257 e. The largest absolute Gasteiger partial charge is 0.322 e. The summed E-state index contributed by atoms with van der Waals surface area (Å²) < 4.78 is 50.2. The summed E-state index contributed by atoms with van der Waals surface area (Å²) >= 11 is 0. The molecule has 0 saturated carbocycles. The van der Waals surface area contributed by atoms with Gasteiger partial charge in [0.1, 0.15) is 0 Å². The molecule has 0 radical (unpaired) electrons. The Balaban J connectivity index is 2.10. The number of aryl methyl sites for hydroxylation is 1. The van der Waals surface area contributed by atoms with Crippen LogP contribution in [0.2, 0.25) is 0 Å². The molecule has 32 heavy (non-hydrogen) atoms. The number of nitrogens with one attached hydrogen (secondary N) is 1. The summed E-state index contributed by atoms with van der Waals surface area (Å²) in [7, 11) is -7.93. The van der Waals surface area contributed by atoms with E-state index in [1.165, 1.54) is 42.5 Å². The van der Waals surface area contributed by atoms with E-state index in [0.29, 0.717) is 12.0 Å². The van der Waals surface area contributed by atoms with Crippen molar-refractivity contribution in [1.29, 1.82) is 0 Å². The van der Waals surface area contributed by atoms with E-state index >= 15 is 0 Å². The van der Waals surface area contributed by atoms with Gasteiger partial charge in [0.2, 0.25) is 19.9 Å². The topological polar surface area (TPSA) is 123 Å². The Labute approximate surface area is 188 Å². The highest BCUT2D eigenvalue weighted by atomic mass is 32.2. The number of amides is 1. The van der Waals surface area contributed by atoms with Crippen LogP contribution in [0, 0.1) is 0 Å². The zero-order valence-corrected chi connectivity index (χ0v) is 19.1. The summed E-state index contributed by atoms with van der Waals surface area (Å²) in [6.45, 7) is 2.00. The Kier molecular flexibility index (Phi) is 7.12. The van der Waals surface area contributed by atoms with Gasteiger partial charge in [-0.05, 0) is 54.8 Å². The van der Waals surface area contributed by atoms with Gasteiger partial charge >= 0.3 is 0 Å². The molecule has 0 aliphatic heterocycles. The Morgan fingerprint density at radius 1 is 0.875 bits per heavy atom. The molecule has 0 heterocycles. The average molecular weight is 473 g/mol. The van der Waals surface area contributed by atoms with Gasteiger partial charge in [0.15, 0.2) is 0 Å². The fourth-order valence-corrected chi connectivity index (χ4v) is 5.59. The molecular weight excluding hydrogens is 448 g/mol. The van der Waals surface area contributed by atoms with Crippen LogP contribution in [-0.4, -0.2) is 22.7 Å². The molecule has 168 valence electrons. The molecule has 0 bridgehead atoms. The van der Waals surface area contributed by atoms with E-state index in [1.54, 1.807) is 30.3 Å². The van der Waals surface area contributed by atoms with Gasteiger partial charge in [0, 0.05) is 5.69 Å². The smallest absolute Gasteiger partial charge is 0.257 e. The van der Waals surface area contributed by atoms with Crippen molar-refractivity contribution in [1.82, 2.24) is 0 Å². The second-order valence-electron chi connectivity index (χ2n) is 7.24. The number of anilines is 1. The van der Waals surface area contributed by atoms with Gasteiger partial charge < -0.3 is 5.32 Å². The van der Waals surface area contributed by atoms with Crippen LogP contribution in [0.15, 0.2) is 87.5 Å². The molecule has 0 atom stereocenters. The van der Waals surface area contributed by atoms with Gasteiger partial charge in [-0.25, -0.2) is 22.0 Å². The molecule has 3 rings (SSSR count). The number of carbonyl (C=O) groups is 1. The Morgan fingerprint density at radius 3 is 2.19 bits per heavy atom. The third kappa shape index (κ3) is 5.24. The molecule has 0 fully saturated rings. The summed E-state index contributed by atoms with van der Waals surface area (Å²) in [4.78, 5) is 13.0. The first kappa shape index (κ1) is 23.6. The van der Waals surface area contributed by atoms with Crippen LogP contribution < -0.4 is 10.5 Å². The molecule has 0 aromatic heterocycles. The Morgan fingerprint density at radius 2 is 1.53 bits per heavy atom. The molecule has 7 nitrogen and oxygen atoms in total. The number of sulfone groups is 1. The fourth-order valence-electron chi connectivity index (χ4n) is 3.31. The zero-order chi connectivity index (χ0) is 23.4. The molecule has 0 aliphatic rings. The summed E-state index contributed by atoms with van der Waals surface area (Å²) in [6, 6.07) is 18.2. The average Bonchev–Trinajstić information content (AvgIpc) is 2.77. The van der Waals surface area contributed by atoms with E-state index < -0.39 is 25.8 Å². The number of sulfonamides is 1. The van der Waals surface area contributed by atoms with E-state index in [2.05, 4.69) is 5.32 Å². The van der Waals surface area contributed by atoms with Crippen molar-refractivity contribution in [2.75, 3.05) is 5.32 Å². The number of unbranched alkanes of at least 4 members (excludes halogenated alkanes) is 1. The van der Waals surface area contributed by atoms with E-state index in [0.717, 1.165) is 12.8 Å². The molecule has 0 unspecified atom stereocenters. The SMILES string of the molecule is CCCCc1cccc(C(=O)Nc2cccc(S(N)(=O)=O)c2)c1S(=O)(=O)c1ccccc1. The van der Waals surface area contributed by atoms with Crippen LogP contribution in [0.5, 0.6) is 0 Å². The monoisotopic (exact) mass is 472 g/mol. The van der Waals surface area contributed by atoms with Gasteiger partial charge in [-0.2, -0.15) is 0 Å². The lowest BCUT2D eigenvalue weighted by Gasteiger charge is -2.16. The lowest BCUT2D eigenvalue weighted by molar-refractivity contribution is 0.102. The highest BCUT2D eigenvalue weighted by Gasteiger charge is 2.27. The number of nitrogens with two attached hydrogens (primary N) is 1. The second-order valence-corrected chi connectivity index (χ2v) is 10.7. The maximum absolute atomic E-state index is 13.5. The van der Waals surface area contributed by atoms with Gasteiger partial charge in [0.25, 0.3) is 5.91 Å². The molecule has 9 heteroatoms.